The summed E-state index contributed by atoms with van der Waals surface area (Å²) < 4.78 is 18.4. The number of fused-ring (bicyclic) bond motifs is 2. The summed E-state index contributed by atoms with van der Waals surface area (Å²) in [6, 6.07) is 14.5. The van der Waals surface area contributed by atoms with Crippen molar-refractivity contribution in [1.82, 2.24) is 25.2 Å². The molecule has 0 spiro atoms. The minimum Gasteiger partial charge on any atom is -0.485 e. The van der Waals surface area contributed by atoms with Gasteiger partial charge in [-0.15, -0.1) is 15.3 Å². The molecule has 1 atom stereocenters. The van der Waals surface area contributed by atoms with E-state index in [0.29, 0.717) is 33.5 Å². The molecule has 3 heterocycles. The summed E-state index contributed by atoms with van der Waals surface area (Å²) in [7, 11) is 0. The largest absolute Gasteiger partial charge is 0.485 e. The fourth-order valence-corrected chi connectivity index (χ4v) is 3.42. The van der Waals surface area contributed by atoms with Gasteiger partial charge in [-0.25, -0.2) is 0 Å². The molecule has 0 saturated heterocycles. The number of nitrogens with zero attached hydrogens (tertiary/aromatic N) is 5. The zero-order chi connectivity index (χ0) is 18.9. The van der Waals surface area contributed by atoms with Crippen molar-refractivity contribution in [3.63, 3.8) is 0 Å². The van der Waals surface area contributed by atoms with Gasteiger partial charge < -0.3 is 13.9 Å². The van der Waals surface area contributed by atoms with E-state index in [0.717, 1.165) is 0 Å². The van der Waals surface area contributed by atoms with E-state index in [1.165, 1.54) is 16.4 Å². The lowest BCUT2D eigenvalue weighted by molar-refractivity contribution is 0.0686. The Balaban J connectivity index is 1.30. The molecule has 9 nitrogen and oxygen atoms in total. The monoisotopic (exact) mass is 395 g/mol. The second-order valence-corrected chi connectivity index (χ2v) is 6.85. The topological polar surface area (TPSA) is 105 Å². The molecule has 5 rings (SSSR count). The molecule has 1 aliphatic heterocycles. The molecule has 2 aromatic carbocycles. The maximum atomic E-state index is 12.5. The summed E-state index contributed by atoms with van der Waals surface area (Å²) in [5.74, 6) is 1.82. The SMILES string of the molecule is O=c1c2ccccc2nnn1CSc1nnc(C2COc3ccccc3O2)o1. The number of rotatable bonds is 4. The Morgan fingerprint density at radius 3 is 2.79 bits per heavy atom. The van der Waals surface area contributed by atoms with Crippen LogP contribution in [-0.4, -0.2) is 31.8 Å². The molecule has 10 heteroatoms. The molecule has 0 fully saturated rings. The molecule has 0 bridgehead atoms. The van der Waals surface area contributed by atoms with Crippen molar-refractivity contribution < 1.29 is 13.9 Å². The van der Waals surface area contributed by atoms with Gasteiger partial charge in [0.15, 0.2) is 11.5 Å². The zero-order valence-corrected chi connectivity index (χ0v) is 15.2. The van der Waals surface area contributed by atoms with E-state index in [1.807, 2.05) is 30.3 Å². The highest BCUT2D eigenvalue weighted by Crippen LogP contribution is 2.35. The van der Waals surface area contributed by atoms with Crippen molar-refractivity contribution in [1.29, 1.82) is 0 Å². The van der Waals surface area contributed by atoms with E-state index in [-0.39, 0.29) is 18.0 Å². The maximum absolute atomic E-state index is 12.5. The molecule has 0 saturated carbocycles. The van der Waals surface area contributed by atoms with E-state index < -0.39 is 6.10 Å². The van der Waals surface area contributed by atoms with Crippen LogP contribution in [0.4, 0.5) is 0 Å². The highest BCUT2D eigenvalue weighted by atomic mass is 32.2. The summed E-state index contributed by atoms with van der Waals surface area (Å²) in [5.41, 5.74) is 0.335. The highest BCUT2D eigenvalue weighted by molar-refractivity contribution is 7.98. The van der Waals surface area contributed by atoms with Crippen LogP contribution in [0, 0.1) is 0 Å². The lowest BCUT2D eigenvalue weighted by Gasteiger charge is -2.23. The van der Waals surface area contributed by atoms with Crippen LogP contribution in [0.1, 0.15) is 12.0 Å². The normalized spacial score (nSPS) is 15.6. The first-order valence-electron chi connectivity index (χ1n) is 8.45. The van der Waals surface area contributed by atoms with Crippen LogP contribution in [-0.2, 0) is 5.88 Å². The van der Waals surface area contributed by atoms with E-state index in [2.05, 4.69) is 20.5 Å². The summed E-state index contributed by atoms with van der Waals surface area (Å²) in [6.07, 6.45) is -0.486. The Morgan fingerprint density at radius 2 is 1.86 bits per heavy atom. The van der Waals surface area contributed by atoms with Gasteiger partial charge in [-0.05, 0) is 36.0 Å². The molecule has 0 amide bonds. The number of para-hydroxylation sites is 2. The fourth-order valence-electron chi connectivity index (χ4n) is 2.77. The number of aromatic nitrogens is 5. The second kappa shape index (κ2) is 6.97. The Bertz CT molecular complexity index is 1210. The Kier molecular flexibility index (Phi) is 4.17. The third-order valence-corrected chi connectivity index (χ3v) is 4.93. The van der Waals surface area contributed by atoms with Crippen LogP contribution in [0.2, 0.25) is 0 Å². The van der Waals surface area contributed by atoms with Crippen LogP contribution in [0.15, 0.2) is 63.0 Å². The van der Waals surface area contributed by atoms with Gasteiger partial charge in [0.2, 0.25) is 6.10 Å². The summed E-state index contributed by atoms with van der Waals surface area (Å²) >= 11 is 1.19. The molecule has 140 valence electrons. The standard InChI is InChI=1S/C18H13N5O4S/c24-17-11-5-1-2-6-12(11)19-22-23(17)10-28-18-21-20-16(27-18)15-9-25-13-7-3-4-8-14(13)26-15/h1-8,15H,9-10H2. The molecule has 4 aromatic rings. The van der Waals surface area contributed by atoms with Crippen LogP contribution in [0.25, 0.3) is 10.9 Å². The first-order valence-corrected chi connectivity index (χ1v) is 9.44. The third-order valence-electron chi connectivity index (χ3n) is 4.15. The van der Waals surface area contributed by atoms with Gasteiger partial charge in [0.25, 0.3) is 16.7 Å². The smallest absolute Gasteiger partial charge is 0.278 e. The van der Waals surface area contributed by atoms with Gasteiger partial charge in [0, 0.05) is 0 Å². The molecular formula is C18H13N5O4S. The molecule has 2 aromatic heterocycles. The lowest BCUT2D eigenvalue weighted by atomic mass is 10.2. The van der Waals surface area contributed by atoms with Gasteiger partial charge in [0.05, 0.1) is 5.39 Å². The van der Waals surface area contributed by atoms with Gasteiger partial charge in [-0.1, -0.05) is 29.5 Å². The van der Waals surface area contributed by atoms with Crippen LogP contribution in [0.3, 0.4) is 0 Å². The van der Waals surface area contributed by atoms with E-state index >= 15 is 0 Å². The molecule has 0 N–H and O–H groups in total. The number of benzene rings is 2. The molecule has 0 aliphatic carbocycles. The first kappa shape index (κ1) is 16.8. The summed E-state index contributed by atoms with van der Waals surface area (Å²) in [6.45, 7) is 0.277. The fraction of sp³-hybridized carbons (Fsp3) is 0.167. The predicted molar refractivity (Wildman–Crippen MR) is 99.3 cm³/mol. The number of ether oxygens (including phenoxy) is 2. The Labute approximate surface area is 162 Å². The van der Waals surface area contributed by atoms with Crippen molar-refractivity contribution in [3.05, 3.63) is 64.8 Å². The van der Waals surface area contributed by atoms with E-state index in [1.54, 1.807) is 18.2 Å². The molecular weight excluding hydrogens is 382 g/mol. The van der Waals surface area contributed by atoms with Crippen molar-refractivity contribution in [2.75, 3.05) is 6.61 Å². The van der Waals surface area contributed by atoms with Crippen molar-refractivity contribution in [3.8, 4) is 11.5 Å². The quantitative estimate of drug-likeness (QED) is 0.482. The van der Waals surface area contributed by atoms with Crippen molar-refractivity contribution >= 4 is 22.7 Å². The van der Waals surface area contributed by atoms with Gasteiger partial charge in [-0.3, -0.25) is 4.79 Å². The highest BCUT2D eigenvalue weighted by Gasteiger charge is 2.27. The van der Waals surface area contributed by atoms with E-state index in [9.17, 15) is 4.79 Å². The predicted octanol–water partition coefficient (Wildman–Crippen LogP) is 2.44. The summed E-state index contributed by atoms with van der Waals surface area (Å²) in [4.78, 5) is 12.5. The third kappa shape index (κ3) is 3.07. The number of hydrogen-bond donors (Lipinski definition) is 0. The number of thioether (sulfide) groups is 1. The van der Waals surface area contributed by atoms with Gasteiger partial charge in [0.1, 0.15) is 18.0 Å². The minimum absolute atomic E-state index is 0.198. The average molecular weight is 395 g/mol. The molecule has 1 unspecified atom stereocenters. The maximum Gasteiger partial charge on any atom is 0.278 e. The Hall–Kier alpha value is -3.40. The van der Waals surface area contributed by atoms with Gasteiger partial charge >= 0.3 is 0 Å². The van der Waals surface area contributed by atoms with Crippen molar-refractivity contribution in [2.45, 2.75) is 17.2 Å². The van der Waals surface area contributed by atoms with Gasteiger partial charge in [-0.2, -0.15) is 4.68 Å². The van der Waals surface area contributed by atoms with Crippen LogP contribution in [0.5, 0.6) is 11.5 Å². The molecule has 28 heavy (non-hydrogen) atoms. The van der Waals surface area contributed by atoms with Crippen molar-refractivity contribution in [2.24, 2.45) is 0 Å². The molecule has 1 aliphatic rings. The summed E-state index contributed by atoms with van der Waals surface area (Å²) in [5, 5.41) is 16.8. The second-order valence-electron chi connectivity index (χ2n) is 5.96. The molecule has 0 radical (unpaired) electrons. The van der Waals surface area contributed by atoms with E-state index in [4.69, 9.17) is 13.9 Å². The Morgan fingerprint density at radius 1 is 1.04 bits per heavy atom. The number of hydrogen-bond acceptors (Lipinski definition) is 9. The van der Waals surface area contributed by atoms with Crippen LogP contribution < -0.4 is 15.0 Å². The minimum atomic E-state index is -0.486. The first-order chi connectivity index (χ1) is 13.8. The zero-order valence-electron chi connectivity index (χ0n) is 14.4. The lowest BCUT2D eigenvalue weighted by Crippen LogP contribution is -2.23. The van der Waals surface area contributed by atoms with Crippen LogP contribution >= 0.6 is 11.8 Å². The average Bonchev–Trinajstić information content (AvgIpc) is 3.22.